The molecule has 2 N–H and O–H groups in total. The summed E-state index contributed by atoms with van der Waals surface area (Å²) < 4.78 is 7.50. The molecule has 2 heterocycles. The summed E-state index contributed by atoms with van der Waals surface area (Å²) in [6.07, 6.45) is 1.39. The fourth-order valence-electron chi connectivity index (χ4n) is 3.27. The fraction of sp³-hybridized carbons (Fsp3) is 0.571. The van der Waals surface area contributed by atoms with Crippen molar-refractivity contribution in [2.24, 2.45) is 7.05 Å². The van der Waals surface area contributed by atoms with Gasteiger partial charge in [-0.25, -0.2) is 4.68 Å². The van der Waals surface area contributed by atoms with E-state index in [-0.39, 0.29) is 11.3 Å². The van der Waals surface area contributed by atoms with Gasteiger partial charge in [0.1, 0.15) is 5.75 Å². The number of hydrogen-bond donors (Lipinski definition) is 2. The quantitative estimate of drug-likeness (QED) is 0.827. The van der Waals surface area contributed by atoms with Crippen LogP contribution in [0.1, 0.15) is 57.8 Å². The number of carbonyl (C=O) groups is 1. The zero-order chi connectivity index (χ0) is 20.3. The van der Waals surface area contributed by atoms with Gasteiger partial charge in [-0.05, 0) is 56.0 Å². The van der Waals surface area contributed by atoms with E-state index in [0.29, 0.717) is 17.6 Å². The lowest BCUT2D eigenvalue weighted by atomic mass is 9.87. The molecule has 0 bridgehead atoms. The van der Waals surface area contributed by atoms with Crippen LogP contribution in [0.2, 0.25) is 0 Å². The molecule has 0 saturated carbocycles. The number of nitrogens with one attached hydrogen (secondary N) is 2. The van der Waals surface area contributed by atoms with Crippen LogP contribution in [0.15, 0.2) is 24.3 Å². The van der Waals surface area contributed by atoms with Gasteiger partial charge in [0.05, 0.1) is 0 Å². The van der Waals surface area contributed by atoms with E-state index in [1.54, 1.807) is 18.7 Å². The van der Waals surface area contributed by atoms with E-state index in [0.717, 1.165) is 37.3 Å². The first-order valence-corrected chi connectivity index (χ1v) is 9.94. The van der Waals surface area contributed by atoms with Crippen LogP contribution in [0, 0.1) is 0 Å². The van der Waals surface area contributed by atoms with Crippen LogP contribution in [0.5, 0.6) is 5.75 Å². The Bertz CT molecular complexity index is 818. The van der Waals surface area contributed by atoms with Crippen molar-refractivity contribution in [1.82, 2.24) is 20.1 Å². The number of amides is 1. The van der Waals surface area contributed by atoms with Gasteiger partial charge >= 0.3 is 0 Å². The van der Waals surface area contributed by atoms with Gasteiger partial charge in [-0.15, -0.1) is 0 Å². The van der Waals surface area contributed by atoms with Gasteiger partial charge in [0.15, 0.2) is 11.9 Å². The molecule has 3 rings (SSSR count). The number of piperidine rings is 1. The first kappa shape index (κ1) is 20.3. The molecule has 1 aromatic carbocycles. The highest BCUT2D eigenvalue weighted by atomic mass is 16.5. The average Bonchev–Trinajstić information content (AvgIpc) is 3.02. The predicted octanol–water partition coefficient (Wildman–Crippen LogP) is 2.99. The minimum atomic E-state index is -0.644. The number of carbonyl (C=O) groups excluding carboxylic acids is 1. The third-order valence-corrected chi connectivity index (χ3v) is 5.10. The largest absolute Gasteiger partial charge is 0.481 e. The summed E-state index contributed by atoms with van der Waals surface area (Å²) in [6.45, 7) is 10.1. The number of ether oxygens (including phenoxy) is 1. The molecule has 1 aliphatic rings. The van der Waals surface area contributed by atoms with Gasteiger partial charge in [0.2, 0.25) is 5.95 Å². The Labute approximate surface area is 166 Å². The van der Waals surface area contributed by atoms with Crippen LogP contribution in [0.4, 0.5) is 5.95 Å². The Kier molecular flexibility index (Phi) is 6.03. The number of benzene rings is 1. The monoisotopic (exact) mass is 385 g/mol. The maximum atomic E-state index is 12.6. The summed E-state index contributed by atoms with van der Waals surface area (Å²) in [5, 5.41) is 10.7. The van der Waals surface area contributed by atoms with Crippen LogP contribution < -0.4 is 15.4 Å². The molecule has 1 aliphatic heterocycles. The van der Waals surface area contributed by atoms with E-state index < -0.39 is 6.10 Å². The van der Waals surface area contributed by atoms with E-state index in [1.807, 2.05) is 18.2 Å². The van der Waals surface area contributed by atoms with Crippen molar-refractivity contribution in [2.75, 3.05) is 18.4 Å². The Morgan fingerprint density at radius 1 is 1.32 bits per heavy atom. The summed E-state index contributed by atoms with van der Waals surface area (Å²) in [7, 11) is 1.80. The molecule has 7 nitrogen and oxygen atoms in total. The molecule has 1 saturated heterocycles. The molecule has 1 unspecified atom stereocenters. The number of aryl methyl sites for hydroxylation is 1. The zero-order valence-corrected chi connectivity index (χ0v) is 17.5. The van der Waals surface area contributed by atoms with Crippen LogP contribution in [0.3, 0.4) is 0 Å². The van der Waals surface area contributed by atoms with Gasteiger partial charge in [-0.3, -0.25) is 10.1 Å². The van der Waals surface area contributed by atoms with Gasteiger partial charge in [0.25, 0.3) is 5.91 Å². The van der Waals surface area contributed by atoms with Crippen molar-refractivity contribution in [3.8, 4) is 5.75 Å². The molecule has 1 aromatic heterocycles. The van der Waals surface area contributed by atoms with E-state index in [9.17, 15) is 4.79 Å². The number of anilines is 1. The summed E-state index contributed by atoms with van der Waals surface area (Å²) in [5.41, 5.74) is 1.19. The van der Waals surface area contributed by atoms with Gasteiger partial charge in [0, 0.05) is 13.0 Å². The maximum absolute atomic E-state index is 12.6. The normalized spacial score (nSPS) is 16.6. The Morgan fingerprint density at radius 2 is 2.04 bits per heavy atom. The molecule has 28 heavy (non-hydrogen) atoms. The van der Waals surface area contributed by atoms with E-state index >= 15 is 0 Å². The topological polar surface area (TPSA) is 81.1 Å². The van der Waals surface area contributed by atoms with E-state index in [1.165, 1.54) is 0 Å². The van der Waals surface area contributed by atoms with Crippen molar-refractivity contribution in [1.29, 1.82) is 0 Å². The summed E-state index contributed by atoms with van der Waals surface area (Å²) in [5.74, 6) is 2.03. The van der Waals surface area contributed by atoms with E-state index in [2.05, 4.69) is 47.6 Å². The molecule has 0 aliphatic carbocycles. The summed E-state index contributed by atoms with van der Waals surface area (Å²) in [6, 6.07) is 7.88. The van der Waals surface area contributed by atoms with Crippen molar-refractivity contribution in [2.45, 2.75) is 58.0 Å². The molecule has 1 amide bonds. The SMILES string of the molecule is CC(Oc1cccc(C(C)(C)C)c1)C(=O)Nc1nc(C2CCNCC2)nn1C. The lowest BCUT2D eigenvalue weighted by Crippen LogP contribution is -2.31. The van der Waals surface area contributed by atoms with Gasteiger partial charge in [-0.1, -0.05) is 32.9 Å². The third-order valence-electron chi connectivity index (χ3n) is 5.10. The number of aromatic nitrogens is 3. The fourth-order valence-corrected chi connectivity index (χ4v) is 3.27. The van der Waals surface area contributed by atoms with Crippen molar-refractivity contribution in [3.05, 3.63) is 35.7 Å². The minimum absolute atomic E-state index is 0.0224. The molecular formula is C21H31N5O2. The van der Waals surface area contributed by atoms with Crippen LogP contribution >= 0.6 is 0 Å². The molecule has 152 valence electrons. The molecule has 0 spiro atoms. The maximum Gasteiger partial charge on any atom is 0.267 e. The molecule has 1 atom stereocenters. The van der Waals surface area contributed by atoms with Crippen molar-refractivity contribution < 1.29 is 9.53 Å². The second-order valence-corrected chi connectivity index (χ2v) is 8.47. The Balaban J connectivity index is 1.64. The van der Waals surface area contributed by atoms with Crippen molar-refractivity contribution in [3.63, 3.8) is 0 Å². The third kappa shape index (κ3) is 4.90. The second-order valence-electron chi connectivity index (χ2n) is 8.47. The van der Waals surface area contributed by atoms with Gasteiger partial charge in [-0.2, -0.15) is 10.1 Å². The van der Waals surface area contributed by atoms with Gasteiger partial charge < -0.3 is 10.1 Å². The molecule has 0 radical (unpaired) electrons. The zero-order valence-electron chi connectivity index (χ0n) is 17.5. The highest BCUT2D eigenvalue weighted by molar-refractivity contribution is 5.92. The minimum Gasteiger partial charge on any atom is -0.481 e. The molecule has 1 fully saturated rings. The Hall–Kier alpha value is -2.41. The van der Waals surface area contributed by atoms with Crippen molar-refractivity contribution >= 4 is 11.9 Å². The number of nitrogens with zero attached hydrogens (tertiary/aromatic N) is 3. The highest BCUT2D eigenvalue weighted by Crippen LogP contribution is 2.26. The second kappa shape index (κ2) is 8.31. The number of hydrogen-bond acceptors (Lipinski definition) is 5. The number of rotatable bonds is 5. The molecular weight excluding hydrogens is 354 g/mol. The highest BCUT2D eigenvalue weighted by Gasteiger charge is 2.23. The standard InChI is InChI=1S/C21H31N5O2/c1-14(28-17-8-6-7-16(13-17)21(2,3)4)19(27)24-20-23-18(25-26(20)5)15-9-11-22-12-10-15/h6-8,13-15,22H,9-12H2,1-5H3,(H,23,24,25,27). The predicted molar refractivity (Wildman–Crippen MR) is 110 cm³/mol. The van der Waals surface area contributed by atoms with Crippen LogP contribution in [-0.4, -0.2) is 39.9 Å². The van der Waals surface area contributed by atoms with E-state index in [4.69, 9.17) is 4.74 Å². The molecule has 2 aromatic rings. The summed E-state index contributed by atoms with van der Waals surface area (Å²) >= 11 is 0. The average molecular weight is 386 g/mol. The summed E-state index contributed by atoms with van der Waals surface area (Å²) in [4.78, 5) is 17.2. The first-order chi connectivity index (χ1) is 13.2. The lowest BCUT2D eigenvalue weighted by Gasteiger charge is -2.21. The van der Waals surface area contributed by atoms with Crippen LogP contribution in [0.25, 0.3) is 0 Å². The lowest BCUT2D eigenvalue weighted by molar-refractivity contribution is -0.122. The smallest absolute Gasteiger partial charge is 0.267 e. The first-order valence-electron chi connectivity index (χ1n) is 9.94. The molecule has 7 heteroatoms. The Morgan fingerprint density at radius 3 is 2.71 bits per heavy atom. The van der Waals surface area contributed by atoms with Crippen LogP contribution in [-0.2, 0) is 17.3 Å².